The molecule has 1 unspecified atom stereocenters. The number of carbonyl (C=O) groups excluding carboxylic acids is 1. The van der Waals surface area contributed by atoms with Crippen molar-refractivity contribution >= 4 is 21.9 Å². The van der Waals surface area contributed by atoms with Gasteiger partial charge in [0.15, 0.2) is 5.76 Å². The van der Waals surface area contributed by atoms with Gasteiger partial charge in [-0.2, -0.15) is 0 Å². The zero-order valence-electron chi connectivity index (χ0n) is 11.5. The molecule has 0 radical (unpaired) electrons. The van der Waals surface area contributed by atoms with Crippen molar-refractivity contribution in [2.24, 2.45) is 0 Å². The van der Waals surface area contributed by atoms with Gasteiger partial charge in [0.2, 0.25) is 10.0 Å². The van der Waals surface area contributed by atoms with Crippen molar-refractivity contribution in [3.05, 3.63) is 17.6 Å². The molecule has 0 saturated heterocycles. The Morgan fingerprint density at radius 1 is 1.40 bits per heavy atom. The van der Waals surface area contributed by atoms with Gasteiger partial charge in [0.05, 0.1) is 0 Å². The SMILES string of the molecule is Cc1oc(C(=O)NC(C)C(=O)O)cc1S(=O)(=O)N(C)C. The molecule has 0 saturated carbocycles. The first-order chi connectivity index (χ1) is 9.07. The van der Waals surface area contributed by atoms with Crippen LogP contribution in [0, 0.1) is 6.92 Å². The molecule has 0 aliphatic heterocycles. The quantitative estimate of drug-likeness (QED) is 0.793. The van der Waals surface area contributed by atoms with Gasteiger partial charge in [0.25, 0.3) is 5.91 Å². The largest absolute Gasteiger partial charge is 0.480 e. The Morgan fingerprint density at radius 2 is 1.95 bits per heavy atom. The minimum atomic E-state index is -3.72. The average Bonchev–Trinajstić information content (AvgIpc) is 2.71. The van der Waals surface area contributed by atoms with Crippen molar-refractivity contribution in [2.45, 2.75) is 24.8 Å². The minimum Gasteiger partial charge on any atom is -0.480 e. The number of amides is 1. The lowest BCUT2D eigenvalue weighted by Gasteiger charge is -2.09. The molecule has 0 bridgehead atoms. The Bertz CT molecular complexity index is 631. The first-order valence-corrected chi connectivity index (χ1v) is 7.08. The highest BCUT2D eigenvalue weighted by Gasteiger charge is 2.26. The zero-order valence-corrected chi connectivity index (χ0v) is 12.3. The molecule has 0 aromatic carbocycles. The number of carbonyl (C=O) groups is 2. The maximum Gasteiger partial charge on any atom is 0.325 e. The maximum atomic E-state index is 12.0. The fourth-order valence-corrected chi connectivity index (χ4v) is 2.41. The zero-order chi connectivity index (χ0) is 15.7. The number of sulfonamides is 1. The molecule has 1 aromatic rings. The van der Waals surface area contributed by atoms with E-state index in [1.165, 1.54) is 27.9 Å². The molecule has 8 nitrogen and oxygen atoms in total. The standard InChI is InChI=1S/C11H16N2O6S/c1-6(11(15)16)12-10(14)8-5-9(7(2)19-8)20(17,18)13(3)4/h5-6H,1-4H3,(H,12,14)(H,15,16). The van der Waals surface area contributed by atoms with Crippen molar-refractivity contribution in [2.75, 3.05) is 14.1 Å². The van der Waals surface area contributed by atoms with Crippen LogP contribution in [0.5, 0.6) is 0 Å². The monoisotopic (exact) mass is 304 g/mol. The molecule has 0 aliphatic carbocycles. The highest BCUT2D eigenvalue weighted by Crippen LogP contribution is 2.22. The summed E-state index contributed by atoms with van der Waals surface area (Å²) in [6.45, 7) is 2.70. The molecule has 0 fully saturated rings. The number of nitrogens with zero attached hydrogens (tertiary/aromatic N) is 1. The minimum absolute atomic E-state index is 0.0619. The Morgan fingerprint density at radius 3 is 2.40 bits per heavy atom. The molecule has 0 aliphatic rings. The molecular weight excluding hydrogens is 288 g/mol. The van der Waals surface area contributed by atoms with E-state index in [0.717, 1.165) is 10.4 Å². The Kier molecular flexibility index (Phi) is 4.56. The number of carboxylic acid groups (broad SMARTS) is 1. The van der Waals surface area contributed by atoms with Crippen LogP contribution in [0.2, 0.25) is 0 Å². The lowest BCUT2D eigenvalue weighted by Crippen LogP contribution is -2.38. The van der Waals surface area contributed by atoms with Gasteiger partial charge in [0, 0.05) is 20.2 Å². The van der Waals surface area contributed by atoms with Gasteiger partial charge in [-0.05, 0) is 13.8 Å². The molecule has 1 atom stereocenters. The summed E-state index contributed by atoms with van der Waals surface area (Å²) in [5.41, 5.74) is 0. The van der Waals surface area contributed by atoms with Gasteiger partial charge in [-0.25, -0.2) is 12.7 Å². The Hall–Kier alpha value is -1.87. The van der Waals surface area contributed by atoms with Crippen molar-refractivity contribution < 1.29 is 27.5 Å². The summed E-state index contributed by atoms with van der Waals surface area (Å²) in [5.74, 6) is -2.19. The van der Waals surface area contributed by atoms with Crippen molar-refractivity contribution in [1.29, 1.82) is 0 Å². The molecule has 1 heterocycles. The van der Waals surface area contributed by atoms with Crippen LogP contribution < -0.4 is 5.32 Å². The molecule has 1 amide bonds. The second kappa shape index (κ2) is 5.63. The van der Waals surface area contributed by atoms with Crippen LogP contribution >= 0.6 is 0 Å². The van der Waals surface area contributed by atoms with Crippen LogP contribution in [0.1, 0.15) is 23.2 Å². The first-order valence-electron chi connectivity index (χ1n) is 5.64. The van der Waals surface area contributed by atoms with E-state index in [1.807, 2.05) is 0 Å². The van der Waals surface area contributed by atoms with Crippen LogP contribution in [-0.2, 0) is 14.8 Å². The second-order valence-corrected chi connectivity index (χ2v) is 6.47. The van der Waals surface area contributed by atoms with Crippen molar-refractivity contribution in [1.82, 2.24) is 9.62 Å². The number of aryl methyl sites for hydroxylation is 1. The predicted octanol–water partition coefficient (Wildman–Crippen LogP) is 0.0412. The van der Waals surface area contributed by atoms with Gasteiger partial charge in [-0.15, -0.1) is 0 Å². The van der Waals surface area contributed by atoms with E-state index >= 15 is 0 Å². The lowest BCUT2D eigenvalue weighted by molar-refractivity contribution is -0.138. The number of furan rings is 1. The summed E-state index contributed by atoms with van der Waals surface area (Å²) in [5, 5.41) is 10.9. The molecule has 2 N–H and O–H groups in total. The molecule has 0 spiro atoms. The number of rotatable bonds is 5. The van der Waals surface area contributed by atoms with Crippen molar-refractivity contribution in [3.8, 4) is 0 Å². The van der Waals surface area contributed by atoms with Gasteiger partial charge in [-0.1, -0.05) is 0 Å². The molecular formula is C11H16N2O6S. The number of hydrogen-bond donors (Lipinski definition) is 2. The molecule has 20 heavy (non-hydrogen) atoms. The van der Waals surface area contributed by atoms with E-state index in [-0.39, 0.29) is 16.4 Å². The predicted molar refractivity (Wildman–Crippen MR) is 68.9 cm³/mol. The first kappa shape index (κ1) is 16.2. The van der Waals surface area contributed by atoms with Crippen LogP contribution in [0.4, 0.5) is 0 Å². The third-order valence-electron chi connectivity index (χ3n) is 2.57. The third kappa shape index (κ3) is 3.17. The van der Waals surface area contributed by atoms with Crippen LogP contribution in [0.3, 0.4) is 0 Å². The summed E-state index contributed by atoms with van der Waals surface area (Å²) in [4.78, 5) is 22.3. The van der Waals surface area contributed by atoms with E-state index in [1.54, 1.807) is 0 Å². The lowest BCUT2D eigenvalue weighted by atomic mass is 10.3. The summed E-state index contributed by atoms with van der Waals surface area (Å²) < 4.78 is 30.0. The molecule has 9 heteroatoms. The second-order valence-electron chi connectivity index (χ2n) is 4.35. The Balaban J connectivity index is 3.08. The van der Waals surface area contributed by atoms with Gasteiger partial charge in [0.1, 0.15) is 16.7 Å². The highest BCUT2D eigenvalue weighted by atomic mass is 32.2. The van der Waals surface area contributed by atoms with Crippen LogP contribution in [0.25, 0.3) is 0 Å². The molecule has 1 rings (SSSR count). The third-order valence-corrected chi connectivity index (χ3v) is 4.50. The van der Waals surface area contributed by atoms with E-state index in [9.17, 15) is 18.0 Å². The van der Waals surface area contributed by atoms with E-state index < -0.39 is 27.9 Å². The topological polar surface area (TPSA) is 117 Å². The van der Waals surface area contributed by atoms with Gasteiger partial charge < -0.3 is 14.8 Å². The van der Waals surface area contributed by atoms with Crippen LogP contribution in [0.15, 0.2) is 15.4 Å². The van der Waals surface area contributed by atoms with Crippen molar-refractivity contribution in [3.63, 3.8) is 0 Å². The average molecular weight is 304 g/mol. The van der Waals surface area contributed by atoms with E-state index in [2.05, 4.69) is 5.32 Å². The molecule has 1 aromatic heterocycles. The van der Waals surface area contributed by atoms with Gasteiger partial charge >= 0.3 is 5.97 Å². The van der Waals surface area contributed by atoms with E-state index in [0.29, 0.717) is 0 Å². The summed E-state index contributed by atoms with van der Waals surface area (Å²) in [6.07, 6.45) is 0. The normalized spacial score (nSPS) is 13.2. The summed E-state index contributed by atoms with van der Waals surface area (Å²) in [7, 11) is -1.01. The molecule has 112 valence electrons. The number of aliphatic carboxylic acids is 1. The maximum absolute atomic E-state index is 12.0. The van der Waals surface area contributed by atoms with Gasteiger partial charge in [-0.3, -0.25) is 9.59 Å². The Labute approximate surface area is 116 Å². The van der Waals surface area contributed by atoms with Crippen LogP contribution in [-0.4, -0.2) is 49.8 Å². The number of hydrogen-bond acceptors (Lipinski definition) is 5. The fourth-order valence-electron chi connectivity index (χ4n) is 1.36. The smallest absolute Gasteiger partial charge is 0.325 e. The fraction of sp³-hybridized carbons (Fsp3) is 0.455. The number of carboxylic acids is 1. The summed E-state index contributed by atoms with van der Waals surface area (Å²) in [6, 6.07) is -0.0315. The highest BCUT2D eigenvalue weighted by molar-refractivity contribution is 7.89. The summed E-state index contributed by atoms with van der Waals surface area (Å²) >= 11 is 0. The number of nitrogens with one attached hydrogen (secondary N) is 1. The van der Waals surface area contributed by atoms with E-state index in [4.69, 9.17) is 9.52 Å².